The average molecular weight is 305 g/mol. The van der Waals surface area contributed by atoms with Crippen molar-refractivity contribution in [2.24, 2.45) is 5.92 Å². The number of carbonyl (C=O) groups excluding carboxylic acids is 1. The molecule has 0 N–H and O–H groups in total. The van der Waals surface area contributed by atoms with Crippen LogP contribution in [0.4, 0.5) is 0 Å². The zero-order chi connectivity index (χ0) is 14.5. The molecule has 0 spiro atoms. The summed E-state index contributed by atoms with van der Waals surface area (Å²) < 4.78 is 28.7. The minimum Gasteiger partial charge on any atom is -0.466 e. The molecule has 0 bridgehead atoms. The second-order valence-corrected chi connectivity index (χ2v) is 6.88. The van der Waals surface area contributed by atoms with Crippen molar-refractivity contribution >= 4 is 27.4 Å². The summed E-state index contributed by atoms with van der Waals surface area (Å²) in [5, 5.41) is 0.557. The smallest absolute Gasteiger partial charge is 0.309 e. The summed E-state index contributed by atoms with van der Waals surface area (Å²) in [6.07, 6.45) is 0. The van der Waals surface area contributed by atoms with E-state index in [2.05, 4.69) is 0 Å². The Labute approximate surface area is 118 Å². The normalized spacial score (nSPS) is 13.0. The summed E-state index contributed by atoms with van der Waals surface area (Å²) in [5.74, 6) is -1.46. The maximum absolute atomic E-state index is 12.0. The number of hydrogen-bond acceptors (Lipinski definition) is 4. The Morgan fingerprint density at radius 1 is 1.32 bits per heavy atom. The van der Waals surface area contributed by atoms with Crippen molar-refractivity contribution in [2.75, 3.05) is 12.4 Å². The van der Waals surface area contributed by atoms with Crippen molar-refractivity contribution in [1.29, 1.82) is 0 Å². The Balaban J connectivity index is 2.66. The summed E-state index contributed by atoms with van der Waals surface area (Å²) in [4.78, 5) is 11.4. The molecule has 0 aromatic heterocycles. The zero-order valence-corrected chi connectivity index (χ0v) is 12.5. The van der Waals surface area contributed by atoms with Gasteiger partial charge in [0, 0.05) is 5.02 Å². The van der Waals surface area contributed by atoms with Gasteiger partial charge in [0.15, 0.2) is 9.84 Å². The van der Waals surface area contributed by atoms with E-state index in [9.17, 15) is 13.2 Å². The topological polar surface area (TPSA) is 60.4 Å². The lowest BCUT2D eigenvalue weighted by Crippen LogP contribution is -2.24. The van der Waals surface area contributed by atoms with Gasteiger partial charge in [-0.1, -0.05) is 30.7 Å². The molecule has 0 aliphatic rings. The summed E-state index contributed by atoms with van der Waals surface area (Å²) in [6.45, 7) is 3.49. The van der Waals surface area contributed by atoms with E-state index in [-0.39, 0.29) is 18.1 Å². The molecule has 0 fully saturated rings. The number of benzene rings is 1. The molecule has 6 heteroatoms. The van der Waals surface area contributed by atoms with Crippen LogP contribution in [0.25, 0.3) is 0 Å². The van der Waals surface area contributed by atoms with Gasteiger partial charge in [0.2, 0.25) is 0 Å². The SMILES string of the molecule is CCOC(=O)C(C)CS(=O)(=O)Cc1ccc(Cl)cc1. The van der Waals surface area contributed by atoms with Gasteiger partial charge < -0.3 is 4.74 Å². The van der Waals surface area contributed by atoms with Gasteiger partial charge in [-0.3, -0.25) is 4.79 Å². The molecule has 0 saturated heterocycles. The van der Waals surface area contributed by atoms with E-state index < -0.39 is 21.7 Å². The lowest BCUT2D eigenvalue weighted by atomic mass is 10.2. The van der Waals surface area contributed by atoms with E-state index in [1.165, 1.54) is 0 Å². The molecule has 0 saturated carbocycles. The molecule has 1 rings (SSSR count). The third-order valence-electron chi connectivity index (χ3n) is 2.49. The first-order valence-corrected chi connectivity index (χ1v) is 8.15. The molecule has 0 aliphatic carbocycles. The van der Waals surface area contributed by atoms with Crippen LogP contribution in [0.15, 0.2) is 24.3 Å². The lowest BCUT2D eigenvalue weighted by molar-refractivity contribution is -0.146. The molecule has 0 amide bonds. The molecular formula is C13H17ClO4S. The van der Waals surface area contributed by atoms with Gasteiger partial charge in [-0.25, -0.2) is 8.42 Å². The number of rotatable bonds is 6. The second kappa shape index (κ2) is 6.91. The van der Waals surface area contributed by atoms with Crippen molar-refractivity contribution in [2.45, 2.75) is 19.6 Å². The van der Waals surface area contributed by atoms with E-state index in [0.717, 1.165) is 0 Å². The highest BCUT2D eigenvalue weighted by molar-refractivity contribution is 7.90. The fraction of sp³-hybridized carbons (Fsp3) is 0.462. The van der Waals surface area contributed by atoms with Crippen LogP contribution in [0.3, 0.4) is 0 Å². The molecule has 0 heterocycles. The van der Waals surface area contributed by atoms with Crippen LogP contribution in [0, 0.1) is 5.92 Å². The van der Waals surface area contributed by atoms with Crippen LogP contribution < -0.4 is 0 Å². The van der Waals surface area contributed by atoms with Gasteiger partial charge in [0.25, 0.3) is 0 Å². The Kier molecular flexibility index (Phi) is 5.82. The predicted molar refractivity (Wildman–Crippen MR) is 74.7 cm³/mol. The van der Waals surface area contributed by atoms with Crippen LogP contribution in [0.2, 0.25) is 5.02 Å². The molecule has 1 aromatic carbocycles. The number of carbonyl (C=O) groups is 1. The maximum Gasteiger partial charge on any atom is 0.309 e. The molecular weight excluding hydrogens is 288 g/mol. The second-order valence-electron chi connectivity index (χ2n) is 4.33. The van der Waals surface area contributed by atoms with Gasteiger partial charge in [-0.15, -0.1) is 0 Å². The monoisotopic (exact) mass is 304 g/mol. The van der Waals surface area contributed by atoms with Gasteiger partial charge in [-0.05, 0) is 24.6 Å². The number of esters is 1. The lowest BCUT2D eigenvalue weighted by Gasteiger charge is -2.11. The fourth-order valence-corrected chi connectivity index (χ4v) is 3.47. The molecule has 1 atom stereocenters. The highest BCUT2D eigenvalue weighted by Crippen LogP contribution is 2.14. The van der Waals surface area contributed by atoms with Crippen LogP contribution in [-0.4, -0.2) is 26.7 Å². The van der Waals surface area contributed by atoms with Crippen molar-refractivity contribution in [3.63, 3.8) is 0 Å². The molecule has 4 nitrogen and oxygen atoms in total. The van der Waals surface area contributed by atoms with Crippen LogP contribution in [-0.2, 0) is 25.1 Å². The highest BCUT2D eigenvalue weighted by Gasteiger charge is 2.22. The number of ether oxygens (including phenoxy) is 1. The van der Waals surface area contributed by atoms with Crippen molar-refractivity contribution in [3.8, 4) is 0 Å². The fourth-order valence-electron chi connectivity index (χ4n) is 1.63. The Morgan fingerprint density at radius 2 is 1.89 bits per heavy atom. The Bertz CT molecular complexity index is 522. The minimum absolute atomic E-state index is 0.103. The third kappa shape index (κ3) is 5.61. The largest absolute Gasteiger partial charge is 0.466 e. The number of hydrogen-bond donors (Lipinski definition) is 0. The molecule has 106 valence electrons. The van der Waals surface area contributed by atoms with Crippen LogP contribution >= 0.6 is 11.6 Å². The summed E-state index contributed by atoms with van der Waals surface area (Å²) in [5.41, 5.74) is 0.653. The first-order valence-electron chi connectivity index (χ1n) is 5.95. The Morgan fingerprint density at radius 3 is 2.42 bits per heavy atom. The maximum atomic E-state index is 12.0. The predicted octanol–water partition coefficient (Wildman–Crippen LogP) is 2.45. The molecule has 1 unspecified atom stereocenters. The standard InChI is InChI=1S/C13H17ClO4S/c1-3-18-13(15)10(2)8-19(16,17)9-11-4-6-12(14)7-5-11/h4-7,10H,3,8-9H2,1-2H3. The quantitative estimate of drug-likeness (QED) is 0.757. The third-order valence-corrected chi connectivity index (χ3v) is 4.53. The van der Waals surface area contributed by atoms with Crippen LogP contribution in [0.5, 0.6) is 0 Å². The van der Waals surface area contributed by atoms with E-state index >= 15 is 0 Å². The van der Waals surface area contributed by atoms with E-state index in [1.807, 2.05) is 0 Å². The molecule has 1 aromatic rings. The van der Waals surface area contributed by atoms with Crippen LogP contribution in [0.1, 0.15) is 19.4 Å². The van der Waals surface area contributed by atoms with E-state index in [1.54, 1.807) is 38.1 Å². The minimum atomic E-state index is -3.35. The first kappa shape index (κ1) is 16.0. The van der Waals surface area contributed by atoms with E-state index in [0.29, 0.717) is 10.6 Å². The van der Waals surface area contributed by atoms with Crippen molar-refractivity contribution in [3.05, 3.63) is 34.9 Å². The summed E-state index contributed by atoms with van der Waals surface area (Å²) in [7, 11) is -3.35. The zero-order valence-electron chi connectivity index (χ0n) is 10.9. The van der Waals surface area contributed by atoms with E-state index in [4.69, 9.17) is 16.3 Å². The Hall–Kier alpha value is -1.07. The average Bonchev–Trinajstić information content (AvgIpc) is 2.31. The van der Waals surface area contributed by atoms with Gasteiger partial charge >= 0.3 is 5.97 Å². The first-order chi connectivity index (χ1) is 8.84. The summed E-state index contributed by atoms with van der Waals surface area (Å²) >= 11 is 5.73. The van der Waals surface area contributed by atoms with Gasteiger partial charge in [0.05, 0.1) is 24.0 Å². The van der Waals surface area contributed by atoms with Gasteiger partial charge in [0.1, 0.15) is 0 Å². The molecule has 0 aliphatic heterocycles. The molecule has 0 radical (unpaired) electrons. The number of halogens is 1. The number of sulfone groups is 1. The van der Waals surface area contributed by atoms with Crippen molar-refractivity contribution < 1.29 is 17.9 Å². The molecule has 19 heavy (non-hydrogen) atoms. The van der Waals surface area contributed by atoms with Crippen molar-refractivity contribution in [1.82, 2.24) is 0 Å². The van der Waals surface area contributed by atoms with Gasteiger partial charge in [-0.2, -0.15) is 0 Å². The summed E-state index contributed by atoms with van der Waals surface area (Å²) in [6, 6.07) is 6.60. The highest BCUT2D eigenvalue weighted by atomic mass is 35.5.